The smallest absolute Gasteiger partial charge is 0.322 e. The van der Waals surface area contributed by atoms with Crippen molar-refractivity contribution in [2.75, 3.05) is 6.61 Å². The fourth-order valence-corrected chi connectivity index (χ4v) is 2.01. The van der Waals surface area contributed by atoms with Crippen LogP contribution in [0.2, 0.25) is 0 Å². The van der Waals surface area contributed by atoms with Gasteiger partial charge in [0, 0.05) is 12.6 Å². The second kappa shape index (κ2) is 7.20. The Morgan fingerprint density at radius 2 is 2.26 bits per heavy atom. The van der Waals surface area contributed by atoms with Crippen LogP contribution in [-0.4, -0.2) is 23.5 Å². The fraction of sp³-hybridized carbons (Fsp3) is 0.417. The standard InChI is InChI=1S/C12H15BrN2O4/c1-3-19-12(16)8(2)14-7-9-5-4-6-10(11(9)13)15(17)18/h4-6,8,14H,3,7H2,1-2H3. The van der Waals surface area contributed by atoms with E-state index in [9.17, 15) is 14.9 Å². The molecule has 0 fully saturated rings. The van der Waals surface area contributed by atoms with E-state index in [0.717, 1.165) is 0 Å². The summed E-state index contributed by atoms with van der Waals surface area (Å²) < 4.78 is 5.28. The monoisotopic (exact) mass is 330 g/mol. The number of rotatable bonds is 6. The van der Waals surface area contributed by atoms with E-state index in [1.165, 1.54) is 6.07 Å². The largest absolute Gasteiger partial charge is 0.465 e. The highest BCUT2D eigenvalue weighted by Crippen LogP contribution is 2.28. The number of hydrogen-bond donors (Lipinski definition) is 1. The van der Waals surface area contributed by atoms with Gasteiger partial charge in [-0.3, -0.25) is 14.9 Å². The number of esters is 1. The molecule has 0 aromatic heterocycles. The number of nitrogens with one attached hydrogen (secondary N) is 1. The minimum atomic E-state index is -0.467. The summed E-state index contributed by atoms with van der Waals surface area (Å²) in [5.74, 6) is -0.343. The number of halogens is 1. The van der Waals surface area contributed by atoms with Gasteiger partial charge < -0.3 is 10.1 Å². The van der Waals surface area contributed by atoms with Crippen LogP contribution in [0, 0.1) is 10.1 Å². The molecule has 1 unspecified atom stereocenters. The Labute approximate surface area is 119 Å². The summed E-state index contributed by atoms with van der Waals surface area (Å²) in [6, 6.07) is 4.31. The Morgan fingerprint density at radius 3 is 2.84 bits per heavy atom. The maximum Gasteiger partial charge on any atom is 0.322 e. The van der Waals surface area contributed by atoms with E-state index < -0.39 is 11.0 Å². The highest BCUT2D eigenvalue weighted by atomic mass is 79.9. The summed E-state index contributed by atoms with van der Waals surface area (Å²) in [5, 5.41) is 13.7. The molecule has 0 heterocycles. The maximum absolute atomic E-state index is 11.4. The molecule has 1 aromatic carbocycles. The van der Waals surface area contributed by atoms with Crippen molar-refractivity contribution in [1.82, 2.24) is 5.32 Å². The van der Waals surface area contributed by atoms with E-state index in [0.29, 0.717) is 23.2 Å². The van der Waals surface area contributed by atoms with E-state index in [4.69, 9.17) is 4.74 Å². The molecule has 0 aliphatic heterocycles. The van der Waals surface area contributed by atoms with E-state index in [-0.39, 0.29) is 11.7 Å². The Balaban J connectivity index is 2.71. The molecule has 1 rings (SSSR count). The lowest BCUT2D eigenvalue weighted by molar-refractivity contribution is -0.385. The van der Waals surface area contributed by atoms with Crippen molar-refractivity contribution in [3.05, 3.63) is 38.3 Å². The summed E-state index contributed by atoms with van der Waals surface area (Å²) in [4.78, 5) is 21.8. The minimum absolute atomic E-state index is 0.00286. The Bertz CT molecular complexity index is 479. The third kappa shape index (κ3) is 4.29. The first-order valence-corrected chi connectivity index (χ1v) is 6.58. The van der Waals surface area contributed by atoms with Crippen LogP contribution in [0.1, 0.15) is 19.4 Å². The van der Waals surface area contributed by atoms with E-state index in [2.05, 4.69) is 21.2 Å². The molecule has 1 N–H and O–H groups in total. The Kier molecular flexibility index (Phi) is 5.91. The van der Waals surface area contributed by atoms with Gasteiger partial charge in [0.2, 0.25) is 0 Å². The number of ether oxygens (including phenoxy) is 1. The van der Waals surface area contributed by atoms with Crippen molar-refractivity contribution in [3.63, 3.8) is 0 Å². The van der Waals surface area contributed by atoms with Gasteiger partial charge in [-0.25, -0.2) is 0 Å². The SMILES string of the molecule is CCOC(=O)C(C)NCc1cccc([N+](=O)[O-])c1Br. The number of benzene rings is 1. The third-order valence-corrected chi connectivity index (χ3v) is 3.41. The quantitative estimate of drug-likeness (QED) is 0.492. The topological polar surface area (TPSA) is 81.5 Å². The Hall–Kier alpha value is -1.47. The zero-order chi connectivity index (χ0) is 14.4. The molecule has 0 aliphatic rings. The zero-order valence-electron chi connectivity index (χ0n) is 10.7. The first kappa shape index (κ1) is 15.6. The molecule has 0 spiro atoms. The molecule has 19 heavy (non-hydrogen) atoms. The average Bonchev–Trinajstić information content (AvgIpc) is 2.37. The van der Waals surface area contributed by atoms with Gasteiger partial charge in [0.1, 0.15) is 6.04 Å². The van der Waals surface area contributed by atoms with Crippen molar-refractivity contribution in [2.24, 2.45) is 0 Å². The number of hydrogen-bond acceptors (Lipinski definition) is 5. The fourth-order valence-electron chi connectivity index (χ4n) is 1.46. The first-order valence-electron chi connectivity index (χ1n) is 5.79. The van der Waals surface area contributed by atoms with Gasteiger partial charge in [-0.2, -0.15) is 0 Å². The van der Waals surface area contributed by atoms with Crippen molar-refractivity contribution in [1.29, 1.82) is 0 Å². The van der Waals surface area contributed by atoms with Crippen LogP contribution in [0.25, 0.3) is 0 Å². The highest BCUT2D eigenvalue weighted by molar-refractivity contribution is 9.10. The summed E-state index contributed by atoms with van der Waals surface area (Å²) in [6.45, 7) is 4.08. The van der Waals surface area contributed by atoms with Crippen molar-refractivity contribution >= 4 is 27.6 Å². The average molecular weight is 331 g/mol. The molecule has 7 heteroatoms. The molecule has 0 radical (unpaired) electrons. The number of carbonyl (C=O) groups is 1. The molecular formula is C12H15BrN2O4. The maximum atomic E-state index is 11.4. The molecule has 1 aromatic rings. The second-order valence-corrected chi connectivity index (χ2v) is 4.65. The first-order chi connectivity index (χ1) is 8.97. The normalized spacial score (nSPS) is 11.9. The van der Waals surface area contributed by atoms with E-state index >= 15 is 0 Å². The number of carbonyl (C=O) groups excluding carboxylic acids is 1. The minimum Gasteiger partial charge on any atom is -0.465 e. The van der Waals surface area contributed by atoms with Crippen LogP contribution < -0.4 is 5.32 Å². The number of nitro benzene ring substituents is 1. The van der Waals surface area contributed by atoms with Gasteiger partial charge in [0.15, 0.2) is 0 Å². The van der Waals surface area contributed by atoms with Gasteiger partial charge in [0.25, 0.3) is 5.69 Å². The summed E-state index contributed by atoms with van der Waals surface area (Å²) in [7, 11) is 0. The Morgan fingerprint density at radius 1 is 1.58 bits per heavy atom. The molecule has 0 saturated carbocycles. The molecule has 0 saturated heterocycles. The van der Waals surface area contributed by atoms with Crippen LogP contribution in [-0.2, 0) is 16.1 Å². The lowest BCUT2D eigenvalue weighted by atomic mass is 10.2. The van der Waals surface area contributed by atoms with E-state index in [1.807, 2.05) is 0 Å². The second-order valence-electron chi connectivity index (χ2n) is 3.86. The van der Waals surface area contributed by atoms with Gasteiger partial charge in [-0.1, -0.05) is 12.1 Å². The van der Waals surface area contributed by atoms with Crippen LogP contribution in [0.4, 0.5) is 5.69 Å². The highest BCUT2D eigenvalue weighted by Gasteiger charge is 2.17. The zero-order valence-corrected chi connectivity index (χ0v) is 12.3. The van der Waals surface area contributed by atoms with Crippen molar-refractivity contribution in [2.45, 2.75) is 26.4 Å². The predicted molar refractivity (Wildman–Crippen MR) is 73.7 cm³/mol. The molecule has 0 bridgehead atoms. The lowest BCUT2D eigenvalue weighted by Gasteiger charge is -2.13. The molecule has 6 nitrogen and oxygen atoms in total. The van der Waals surface area contributed by atoms with Crippen molar-refractivity contribution in [3.8, 4) is 0 Å². The van der Waals surface area contributed by atoms with Gasteiger partial charge in [-0.15, -0.1) is 0 Å². The molecule has 0 aliphatic carbocycles. The van der Waals surface area contributed by atoms with Crippen LogP contribution in [0.3, 0.4) is 0 Å². The van der Waals surface area contributed by atoms with Crippen LogP contribution in [0.5, 0.6) is 0 Å². The van der Waals surface area contributed by atoms with Gasteiger partial charge in [-0.05, 0) is 35.3 Å². The molecular weight excluding hydrogens is 316 g/mol. The van der Waals surface area contributed by atoms with Gasteiger partial charge in [0.05, 0.1) is 16.0 Å². The molecule has 0 amide bonds. The summed E-state index contributed by atoms with van der Waals surface area (Å²) >= 11 is 3.20. The molecule has 104 valence electrons. The number of nitro groups is 1. The summed E-state index contributed by atoms with van der Waals surface area (Å²) in [6.07, 6.45) is 0. The van der Waals surface area contributed by atoms with Crippen LogP contribution in [0.15, 0.2) is 22.7 Å². The van der Waals surface area contributed by atoms with Crippen molar-refractivity contribution < 1.29 is 14.5 Å². The van der Waals surface area contributed by atoms with Crippen LogP contribution >= 0.6 is 15.9 Å². The van der Waals surface area contributed by atoms with E-state index in [1.54, 1.807) is 26.0 Å². The molecule has 1 atom stereocenters. The lowest BCUT2D eigenvalue weighted by Crippen LogP contribution is -2.35. The van der Waals surface area contributed by atoms with Gasteiger partial charge >= 0.3 is 5.97 Å². The number of nitrogens with zero attached hydrogens (tertiary/aromatic N) is 1. The predicted octanol–water partition coefficient (Wildman–Crippen LogP) is 2.40. The summed E-state index contributed by atoms with van der Waals surface area (Å²) in [5.41, 5.74) is 0.716. The third-order valence-electron chi connectivity index (χ3n) is 2.49.